The Balaban J connectivity index is 1.96. The van der Waals surface area contributed by atoms with Gasteiger partial charge in [-0.05, 0) is 42.9 Å². The largest absolute Gasteiger partial charge is 0.299 e. The first-order valence-corrected chi connectivity index (χ1v) is 4.90. The monoisotopic (exact) mass is 148 g/mol. The van der Waals surface area contributed by atoms with Gasteiger partial charge in [0.1, 0.15) is 5.78 Å². The van der Waals surface area contributed by atoms with Gasteiger partial charge in [0.25, 0.3) is 0 Å². The van der Waals surface area contributed by atoms with Gasteiger partial charge >= 0.3 is 0 Å². The molecule has 4 aliphatic carbocycles. The van der Waals surface area contributed by atoms with Crippen molar-refractivity contribution in [1.82, 2.24) is 0 Å². The van der Waals surface area contributed by atoms with Crippen LogP contribution >= 0.6 is 0 Å². The lowest BCUT2D eigenvalue weighted by atomic mass is 9.64. The third kappa shape index (κ3) is 0.361. The summed E-state index contributed by atoms with van der Waals surface area (Å²) in [6.07, 6.45) is 3.98. The Labute approximate surface area is 66.2 Å². The summed E-state index contributed by atoms with van der Waals surface area (Å²) >= 11 is 0. The van der Waals surface area contributed by atoms with E-state index in [0.29, 0.717) is 17.6 Å². The van der Waals surface area contributed by atoms with Gasteiger partial charge in [0.05, 0.1) is 0 Å². The van der Waals surface area contributed by atoms with Crippen LogP contribution in [0.4, 0.5) is 0 Å². The molecule has 4 fully saturated rings. The number of hydrogen-bond donors (Lipinski definition) is 0. The molecule has 0 radical (unpaired) electrons. The Morgan fingerprint density at radius 3 is 2.64 bits per heavy atom. The van der Waals surface area contributed by atoms with Gasteiger partial charge in [-0.2, -0.15) is 0 Å². The number of Topliss-reactive ketones (excluding diaryl/α,β-unsaturated/α-hetero) is 1. The quantitative estimate of drug-likeness (QED) is 0.508. The summed E-state index contributed by atoms with van der Waals surface area (Å²) in [7, 11) is 0. The maximum absolute atomic E-state index is 11.7. The molecule has 0 aromatic heterocycles. The summed E-state index contributed by atoms with van der Waals surface area (Å²) in [5, 5.41) is 0. The molecule has 2 bridgehead atoms. The highest BCUT2D eigenvalue weighted by molar-refractivity contribution is 5.88. The minimum atomic E-state index is 0.550. The molecule has 1 unspecified atom stereocenters. The fourth-order valence-corrected chi connectivity index (χ4v) is 4.66. The Kier molecular flexibility index (Phi) is 0.630. The molecule has 58 valence electrons. The molecule has 0 amide bonds. The minimum absolute atomic E-state index is 0.550. The van der Waals surface area contributed by atoms with E-state index in [1.807, 2.05) is 0 Å². The molecule has 4 aliphatic rings. The van der Waals surface area contributed by atoms with Crippen molar-refractivity contribution in [3.63, 3.8) is 0 Å². The van der Waals surface area contributed by atoms with Gasteiger partial charge in [0.2, 0.25) is 0 Å². The second kappa shape index (κ2) is 1.30. The maximum Gasteiger partial charge on any atom is 0.139 e. The zero-order valence-corrected chi connectivity index (χ0v) is 6.49. The van der Waals surface area contributed by atoms with E-state index in [4.69, 9.17) is 0 Å². The highest BCUT2D eigenvalue weighted by Crippen LogP contribution is 2.71. The zero-order chi connectivity index (χ0) is 7.16. The van der Waals surface area contributed by atoms with E-state index in [-0.39, 0.29) is 0 Å². The molecule has 1 heteroatoms. The van der Waals surface area contributed by atoms with Crippen LogP contribution in [0, 0.1) is 35.5 Å². The molecule has 4 saturated carbocycles. The fraction of sp³-hybridized carbons (Fsp3) is 0.900. The molecule has 0 aromatic rings. The van der Waals surface area contributed by atoms with Gasteiger partial charge in [0, 0.05) is 11.8 Å². The van der Waals surface area contributed by atoms with Crippen molar-refractivity contribution in [2.24, 2.45) is 35.5 Å². The molecule has 0 N–H and O–H groups in total. The molecular formula is C10H12O. The van der Waals surface area contributed by atoms with Gasteiger partial charge in [0.15, 0.2) is 0 Å². The number of hydrogen-bond acceptors (Lipinski definition) is 1. The molecule has 0 aliphatic heterocycles. The summed E-state index contributed by atoms with van der Waals surface area (Å²) < 4.78 is 0. The van der Waals surface area contributed by atoms with Crippen molar-refractivity contribution in [1.29, 1.82) is 0 Å². The van der Waals surface area contributed by atoms with E-state index >= 15 is 0 Å². The first-order valence-electron chi connectivity index (χ1n) is 4.90. The van der Waals surface area contributed by atoms with E-state index in [1.165, 1.54) is 19.3 Å². The van der Waals surface area contributed by atoms with Gasteiger partial charge in [-0.15, -0.1) is 0 Å². The van der Waals surface area contributed by atoms with Crippen molar-refractivity contribution in [2.75, 3.05) is 0 Å². The Bertz CT molecular complexity index is 252. The second-order valence-electron chi connectivity index (χ2n) is 4.99. The lowest BCUT2D eigenvalue weighted by molar-refractivity contribution is -0.128. The first-order chi connectivity index (χ1) is 5.36. The average Bonchev–Trinajstić information content (AvgIpc) is 2.33. The van der Waals surface area contributed by atoms with Crippen molar-refractivity contribution >= 4 is 5.78 Å². The normalized spacial score (nSPS) is 68.9. The van der Waals surface area contributed by atoms with E-state index in [2.05, 4.69) is 0 Å². The minimum Gasteiger partial charge on any atom is -0.299 e. The number of ketones is 1. The van der Waals surface area contributed by atoms with Gasteiger partial charge < -0.3 is 0 Å². The number of rotatable bonds is 0. The van der Waals surface area contributed by atoms with Crippen LogP contribution in [0.15, 0.2) is 0 Å². The fourth-order valence-electron chi connectivity index (χ4n) is 4.66. The second-order valence-corrected chi connectivity index (χ2v) is 4.99. The smallest absolute Gasteiger partial charge is 0.139 e. The van der Waals surface area contributed by atoms with Crippen molar-refractivity contribution < 1.29 is 4.79 Å². The van der Waals surface area contributed by atoms with E-state index in [1.54, 1.807) is 0 Å². The van der Waals surface area contributed by atoms with Crippen LogP contribution in [0.2, 0.25) is 0 Å². The predicted molar refractivity (Wildman–Crippen MR) is 39.8 cm³/mol. The maximum atomic E-state index is 11.7. The highest BCUT2D eigenvalue weighted by atomic mass is 16.1. The third-order valence-corrected chi connectivity index (χ3v) is 4.96. The molecule has 6 atom stereocenters. The summed E-state index contributed by atoms with van der Waals surface area (Å²) in [6.45, 7) is 0. The molecule has 0 spiro atoms. The van der Waals surface area contributed by atoms with Crippen LogP contribution in [0.25, 0.3) is 0 Å². The topological polar surface area (TPSA) is 17.1 Å². The van der Waals surface area contributed by atoms with Crippen LogP contribution in [0.3, 0.4) is 0 Å². The highest BCUT2D eigenvalue weighted by Gasteiger charge is 2.69. The molecule has 1 nitrogen and oxygen atoms in total. The molecule has 4 rings (SSSR count). The molecular weight excluding hydrogens is 136 g/mol. The standard InChI is InChI=1S/C10H12O/c11-10-7-2-4-1-5-8(10)3-6(7)9(4)5/h4-9H,1-3H2/t4?,5-,6-,7-,8-,9-/m0/s1. The SMILES string of the molecule is O=C1[C@H]2CC3C[C@@H]4[C@H]3[C@H]2C[C@H]14. The first kappa shape index (κ1) is 5.34. The van der Waals surface area contributed by atoms with E-state index in [9.17, 15) is 4.79 Å². The van der Waals surface area contributed by atoms with Crippen LogP contribution in [-0.4, -0.2) is 5.78 Å². The summed E-state index contributed by atoms with van der Waals surface area (Å²) in [5.41, 5.74) is 0. The van der Waals surface area contributed by atoms with Crippen LogP contribution in [0.5, 0.6) is 0 Å². The van der Waals surface area contributed by atoms with Gasteiger partial charge in [-0.3, -0.25) is 4.79 Å². The Morgan fingerprint density at radius 1 is 1.00 bits per heavy atom. The van der Waals surface area contributed by atoms with Crippen molar-refractivity contribution in [3.05, 3.63) is 0 Å². The van der Waals surface area contributed by atoms with Crippen molar-refractivity contribution in [3.8, 4) is 0 Å². The number of carbonyl (C=O) groups is 1. The van der Waals surface area contributed by atoms with Crippen LogP contribution < -0.4 is 0 Å². The lowest BCUT2D eigenvalue weighted by Gasteiger charge is -2.40. The van der Waals surface area contributed by atoms with Crippen LogP contribution in [-0.2, 0) is 4.79 Å². The average molecular weight is 148 g/mol. The summed E-state index contributed by atoms with van der Waals surface area (Å²) in [5.74, 6) is 5.53. The molecule has 0 aromatic carbocycles. The predicted octanol–water partition coefficient (Wildman–Crippen LogP) is 1.48. The van der Waals surface area contributed by atoms with Gasteiger partial charge in [-0.1, -0.05) is 0 Å². The molecule has 0 heterocycles. The van der Waals surface area contributed by atoms with Crippen LogP contribution in [0.1, 0.15) is 19.3 Å². The Hall–Kier alpha value is -0.330. The Morgan fingerprint density at radius 2 is 1.73 bits per heavy atom. The summed E-state index contributed by atoms with van der Waals surface area (Å²) in [6, 6.07) is 0. The number of carbonyl (C=O) groups excluding carboxylic acids is 1. The van der Waals surface area contributed by atoms with Crippen molar-refractivity contribution in [2.45, 2.75) is 19.3 Å². The molecule has 0 saturated heterocycles. The number of fused-ring (bicyclic) bond motifs is 2. The van der Waals surface area contributed by atoms with E-state index < -0.39 is 0 Å². The lowest BCUT2D eigenvalue weighted by Crippen LogP contribution is -2.38. The summed E-state index contributed by atoms with van der Waals surface area (Å²) in [4.78, 5) is 11.7. The molecule has 11 heavy (non-hydrogen) atoms. The van der Waals surface area contributed by atoms with Gasteiger partial charge in [-0.25, -0.2) is 0 Å². The van der Waals surface area contributed by atoms with E-state index in [0.717, 1.165) is 23.7 Å². The third-order valence-electron chi connectivity index (χ3n) is 4.96. The zero-order valence-electron chi connectivity index (χ0n) is 6.49.